The Morgan fingerprint density at radius 1 is 1.22 bits per heavy atom. The molecule has 0 aliphatic heterocycles. The van der Waals surface area contributed by atoms with Crippen molar-refractivity contribution in [3.8, 4) is 5.75 Å². The molecule has 4 heteroatoms. The van der Waals surface area contributed by atoms with Crippen LogP contribution in [0.4, 0.5) is 0 Å². The Kier molecular flexibility index (Phi) is 4.36. The van der Waals surface area contributed by atoms with Crippen molar-refractivity contribution in [3.05, 3.63) is 47.8 Å². The van der Waals surface area contributed by atoms with Crippen LogP contribution in [0.25, 0.3) is 0 Å². The summed E-state index contributed by atoms with van der Waals surface area (Å²) in [6.45, 7) is 4.17. The van der Waals surface area contributed by atoms with Gasteiger partial charge in [-0.15, -0.1) is 0 Å². The van der Waals surface area contributed by atoms with Crippen LogP contribution in [0, 0.1) is 0 Å². The van der Waals surface area contributed by atoms with Crippen molar-refractivity contribution >= 4 is 0 Å². The summed E-state index contributed by atoms with van der Waals surface area (Å²) in [7, 11) is 0. The van der Waals surface area contributed by atoms with Crippen molar-refractivity contribution in [2.45, 2.75) is 26.5 Å². The molecule has 0 saturated heterocycles. The number of hydrogen-bond donors (Lipinski definition) is 1. The smallest absolute Gasteiger partial charge is 0.119 e. The van der Waals surface area contributed by atoms with Crippen molar-refractivity contribution in [3.63, 3.8) is 0 Å². The first-order valence-corrected chi connectivity index (χ1v) is 6.25. The number of aryl methyl sites for hydroxylation is 1. The maximum atomic E-state index is 5.70. The number of rotatable bonds is 6. The van der Waals surface area contributed by atoms with Crippen LogP contribution in [0.2, 0.25) is 0 Å². The fraction of sp³-hybridized carbons (Fsp3) is 0.357. The molecule has 0 saturated carbocycles. The molecule has 0 bridgehead atoms. The maximum Gasteiger partial charge on any atom is 0.119 e. The predicted octanol–water partition coefficient (Wildman–Crippen LogP) is 1.98. The molecular formula is C14H19N3O. The molecule has 2 aromatic rings. The second-order valence-electron chi connectivity index (χ2n) is 4.18. The van der Waals surface area contributed by atoms with Crippen LogP contribution >= 0.6 is 0 Å². The van der Waals surface area contributed by atoms with Gasteiger partial charge in [0.05, 0.1) is 6.20 Å². The Morgan fingerprint density at radius 2 is 2.00 bits per heavy atom. The molecule has 0 spiro atoms. The van der Waals surface area contributed by atoms with Crippen LogP contribution in [-0.2, 0) is 19.6 Å². The zero-order valence-corrected chi connectivity index (χ0v) is 10.7. The first-order valence-electron chi connectivity index (χ1n) is 6.25. The molecule has 0 atom stereocenters. The van der Waals surface area contributed by atoms with E-state index in [2.05, 4.69) is 24.2 Å². The summed E-state index contributed by atoms with van der Waals surface area (Å²) >= 11 is 0. The minimum atomic E-state index is 0.552. The Balaban J connectivity index is 1.89. The highest BCUT2D eigenvalue weighted by molar-refractivity contribution is 5.27. The van der Waals surface area contributed by atoms with Crippen molar-refractivity contribution < 1.29 is 4.74 Å². The van der Waals surface area contributed by atoms with Gasteiger partial charge >= 0.3 is 0 Å². The molecule has 4 nitrogen and oxygen atoms in total. The molecule has 96 valence electrons. The van der Waals surface area contributed by atoms with Crippen molar-refractivity contribution in [2.24, 2.45) is 5.73 Å². The number of aromatic nitrogens is 2. The lowest BCUT2D eigenvalue weighted by atomic mass is 10.1. The fourth-order valence-electron chi connectivity index (χ4n) is 1.74. The van der Waals surface area contributed by atoms with Gasteiger partial charge < -0.3 is 10.5 Å². The third-order valence-electron chi connectivity index (χ3n) is 2.77. The number of nitrogens with zero attached hydrogens (tertiary/aromatic N) is 2. The molecule has 0 fully saturated rings. The third kappa shape index (κ3) is 3.34. The van der Waals surface area contributed by atoms with Crippen molar-refractivity contribution in [1.82, 2.24) is 9.78 Å². The molecule has 1 heterocycles. The monoisotopic (exact) mass is 245 g/mol. The minimum Gasteiger partial charge on any atom is -0.489 e. The van der Waals surface area contributed by atoms with E-state index in [1.165, 1.54) is 5.56 Å². The highest BCUT2D eigenvalue weighted by Gasteiger charge is 1.99. The van der Waals surface area contributed by atoms with E-state index < -0.39 is 0 Å². The second kappa shape index (κ2) is 6.21. The molecule has 0 aliphatic rings. The Hall–Kier alpha value is -1.81. The highest BCUT2D eigenvalue weighted by atomic mass is 16.5. The van der Waals surface area contributed by atoms with E-state index in [1.807, 2.05) is 29.2 Å². The average Bonchev–Trinajstić information content (AvgIpc) is 2.86. The normalized spacial score (nSPS) is 10.6. The molecule has 1 aromatic heterocycles. The van der Waals surface area contributed by atoms with E-state index in [0.29, 0.717) is 13.2 Å². The van der Waals surface area contributed by atoms with Gasteiger partial charge in [-0.3, -0.25) is 4.68 Å². The quantitative estimate of drug-likeness (QED) is 0.846. The number of benzene rings is 1. The van der Waals surface area contributed by atoms with E-state index in [1.54, 1.807) is 0 Å². The van der Waals surface area contributed by atoms with Gasteiger partial charge in [-0.1, -0.05) is 12.1 Å². The van der Waals surface area contributed by atoms with Crippen LogP contribution in [0.15, 0.2) is 36.7 Å². The Morgan fingerprint density at radius 3 is 2.61 bits per heavy atom. The summed E-state index contributed by atoms with van der Waals surface area (Å²) in [5, 5.41) is 4.21. The summed E-state index contributed by atoms with van der Waals surface area (Å²) < 4.78 is 7.59. The maximum absolute atomic E-state index is 5.70. The molecule has 0 unspecified atom stereocenters. The lowest BCUT2D eigenvalue weighted by Gasteiger charge is -2.05. The predicted molar refractivity (Wildman–Crippen MR) is 71.4 cm³/mol. The van der Waals surface area contributed by atoms with Crippen molar-refractivity contribution in [1.29, 1.82) is 0 Å². The van der Waals surface area contributed by atoms with Crippen LogP contribution in [-0.4, -0.2) is 16.3 Å². The molecule has 18 heavy (non-hydrogen) atoms. The summed E-state index contributed by atoms with van der Waals surface area (Å²) in [6.07, 6.45) is 4.75. The van der Waals surface area contributed by atoms with Gasteiger partial charge in [0.15, 0.2) is 0 Å². The van der Waals surface area contributed by atoms with E-state index in [9.17, 15) is 0 Å². The number of nitrogens with two attached hydrogens (primary N) is 1. The summed E-state index contributed by atoms with van der Waals surface area (Å²) in [4.78, 5) is 0. The summed E-state index contributed by atoms with van der Waals surface area (Å²) in [6, 6.07) is 8.07. The fourth-order valence-corrected chi connectivity index (χ4v) is 1.74. The number of hydrogen-bond acceptors (Lipinski definition) is 3. The minimum absolute atomic E-state index is 0.552. The average molecular weight is 245 g/mol. The van der Waals surface area contributed by atoms with E-state index in [0.717, 1.165) is 24.3 Å². The SMILES string of the molecule is CCn1cc(COc2ccc(CCN)cc2)cn1. The molecular weight excluding hydrogens is 226 g/mol. The summed E-state index contributed by atoms with van der Waals surface area (Å²) in [5.41, 5.74) is 7.83. The van der Waals surface area contributed by atoms with Gasteiger partial charge in [-0.05, 0) is 37.6 Å². The topological polar surface area (TPSA) is 53.1 Å². The molecule has 0 radical (unpaired) electrons. The molecule has 2 rings (SSSR count). The molecule has 0 aliphatic carbocycles. The highest BCUT2D eigenvalue weighted by Crippen LogP contribution is 2.14. The van der Waals surface area contributed by atoms with E-state index in [4.69, 9.17) is 10.5 Å². The summed E-state index contributed by atoms with van der Waals surface area (Å²) in [5.74, 6) is 0.875. The molecule has 0 amide bonds. The van der Waals surface area contributed by atoms with Gasteiger partial charge in [0, 0.05) is 18.3 Å². The van der Waals surface area contributed by atoms with Crippen molar-refractivity contribution in [2.75, 3.05) is 6.54 Å². The van der Waals surface area contributed by atoms with Gasteiger partial charge in [-0.2, -0.15) is 5.10 Å². The van der Waals surface area contributed by atoms with Gasteiger partial charge in [-0.25, -0.2) is 0 Å². The first-order chi connectivity index (χ1) is 8.81. The van der Waals surface area contributed by atoms with Gasteiger partial charge in [0.25, 0.3) is 0 Å². The zero-order chi connectivity index (χ0) is 12.8. The lowest BCUT2D eigenvalue weighted by Crippen LogP contribution is -2.02. The Bertz CT molecular complexity index is 476. The zero-order valence-electron chi connectivity index (χ0n) is 10.7. The van der Waals surface area contributed by atoms with Crippen LogP contribution < -0.4 is 10.5 Å². The van der Waals surface area contributed by atoms with Crippen LogP contribution in [0.1, 0.15) is 18.1 Å². The van der Waals surface area contributed by atoms with Crippen LogP contribution in [0.5, 0.6) is 5.75 Å². The molecule has 1 aromatic carbocycles. The van der Waals surface area contributed by atoms with E-state index in [-0.39, 0.29) is 0 Å². The molecule has 2 N–H and O–H groups in total. The van der Waals surface area contributed by atoms with Gasteiger partial charge in [0.1, 0.15) is 12.4 Å². The van der Waals surface area contributed by atoms with Gasteiger partial charge in [0.2, 0.25) is 0 Å². The Labute approximate surface area is 107 Å². The first kappa shape index (κ1) is 12.6. The van der Waals surface area contributed by atoms with Crippen LogP contribution in [0.3, 0.4) is 0 Å². The van der Waals surface area contributed by atoms with E-state index >= 15 is 0 Å². The number of ether oxygens (including phenoxy) is 1. The largest absolute Gasteiger partial charge is 0.489 e. The second-order valence-corrected chi connectivity index (χ2v) is 4.18. The standard InChI is InChI=1S/C14H19N3O/c1-2-17-10-13(9-16-17)11-18-14-5-3-12(4-6-14)7-8-15/h3-6,9-10H,2,7-8,11,15H2,1H3. The third-order valence-corrected chi connectivity index (χ3v) is 2.77. The lowest BCUT2D eigenvalue weighted by molar-refractivity contribution is 0.306.